The number of aliphatic hydroxyl groups is 1. The van der Waals surface area contributed by atoms with Crippen molar-refractivity contribution in [3.8, 4) is 17.2 Å². The Bertz CT molecular complexity index is 1820. The zero-order chi connectivity index (χ0) is 39.9. The number of methoxy groups -OCH3 is 3. The highest BCUT2D eigenvalue weighted by Gasteiger charge is 2.49. The number of likely N-dealkylation sites (tertiary alicyclic amines) is 1. The topological polar surface area (TPSA) is 119 Å². The Kier molecular flexibility index (Phi) is 15.8. The SMILES string of the molecule is COc1cc(C(=O)N2CCO[C@@](CCN3CCC4(CC3)c3ccccc3C[C@@H]4OCC(=O)N(C)CCOCCO)(c3ccc(Cl)c(Cl)c3)C2)cc(OC)c1OC.Cl. The van der Waals surface area contributed by atoms with Crippen LogP contribution in [0.2, 0.25) is 10.0 Å². The predicted octanol–water partition coefficient (Wildman–Crippen LogP) is 5.64. The Morgan fingerprint density at radius 3 is 2.33 bits per heavy atom. The number of hydrogen-bond donors (Lipinski definition) is 1. The minimum absolute atomic E-state index is 0. The summed E-state index contributed by atoms with van der Waals surface area (Å²) in [6.07, 6.45) is 3.00. The van der Waals surface area contributed by atoms with Crippen LogP contribution in [-0.2, 0) is 36.4 Å². The Hall–Kier alpha value is -3.33. The molecule has 0 aromatic heterocycles. The van der Waals surface area contributed by atoms with Gasteiger partial charge in [0.25, 0.3) is 5.91 Å². The van der Waals surface area contributed by atoms with Crippen molar-refractivity contribution in [3.05, 3.63) is 86.9 Å². The zero-order valence-electron chi connectivity index (χ0n) is 33.1. The molecule has 2 saturated heterocycles. The van der Waals surface area contributed by atoms with Gasteiger partial charge in [0.05, 0.1) is 70.5 Å². The number of likely N-dealkylation sites (N-methyl/N-ethyl adjacent to an activating group) is 1. The van der Waals surface area contributed by atoms with Gasteiger partial charge in [-0.1, -0.05) is 53.5 Å². The number of rotatable bonds is 16. The van der Waals surface area contributed by atoms with E-state index in [0.29, 0.717) is 72.1 Å². The van der Waals surface area contributed by atoms with Gasteiger partial charge in [-0.25, -0.2) is 0 Å². The van der Waals surface area contributed by atoms with E-state index in [1.54, 1.807) is 30.1 Å². The van der Waals surface area contributed by atoms with Crippen LogP contribution in [0.5, 0.6) is 17.2 Å². The number of ether oxygens (including phenoxy) is 6. The van der Waals surface area contributed by atoms with Gasteiger partial charge in [-0.3, -0.25) is 9.59 Å². The van der Waals surface area contributed by atoms with Crippen molar-refractivity contribution in [3.63, 3.8) is 0 Å². The van der Waals surface area contributed by atoms with Crippen LogP contribution >= 0.6 is 35.6 Å². The molecule has 1 aliphatic carbocycles. The Labute approximate surface area is 351 Å². The van der Waals surface area contributed by atoms with Gasteiger partial charge in [-0.2, -0.15) is 0 Å². The van der Waals surface area contributed by atoms with Gasteiger partial charge in [0.15, 0.2) is 11.5 Å². The van der Waals surface area contributed by atoms with E-state index in [-0.39, 0.29) is 55.6 Å². The van der Waals surface area contributed by atoms with Gasteiger partial charge in [0, 0.05) is 37.7 Å². The summed E-state index contributed by atoms with van der Waals surface area (Å²) in [6, 6.07) is 17.5. The van der Waals surface area contributed by atoms with Gasteiger partial charge < -0.3 is 48.2 Å². The Balaban J connectivity index is 0.00000620. The van der Waals surface area contributed by atoms with Crippen LogP contribution in [0, 0.1) is 0 Å². The first-order valence-electron chi connectivity index (χ1n) is 19.1. The highest BCUT2D eigenvalue weighted by Crippen LogP contribution is 2.48. The molecule has 2 amide bonds. The quantitative estimate of drug-likeness (QED) is 0.182. The third kappa shape index (κ3) is 9.77. The molecule has 2 fully saturated rings. The molecule has 0 unspecified atom stereocenters. The first-order chi connectivity index (χ1) is 27.1. The van der Waals surface area contributed by atoms with Crippen molar-refractivity contribution in [2.75, 3.05) is 101 Å². The fourth-order valence-electron chi connectivity index (χ4n) is 8.45. The van der Waals surface area contributed by atoms with Gasteiger partial charge in [-0.05, 0) is 79.7 Å². The number of carbonyl (C=O) groups is 2. The number of hydrogen-bond acceptors (Lipinski definition) is 10. The van der Waals surface area contributed by atoms with Gasteiger partial charge >= 0.3 is 0 Å². The smallest absolute Gasteiger partial charge is 0.254 e. The van der Waals surface area contributed by atoms with Crippen molar-refractivity contribution in [2.24, 2.45) is 0 Å². The van der Waals surface area contributed by atoms with Crippen LogP contribution in [0.3, 0.4) is 0 Å². The number of fused-ring (bicyclic) bond motifs is 2. The normalized spacial score (nSPS) is 20.1. The molecule has 2 aliphatic heterocycles. The third-order valence-corrected chi connectivity index (χ3v) is 12.4. The molecule has 3 aromatic rings. The lowest BCUT2D eigenvalue weighted by molar-refractivity contribution is -0.139. The minimum atomic E-state index is -0.848. The van der Waals surface area contributed by atoms with E-state index in [0.717, 1.165) is 44.5 Å². The first-order valence-corrected chi connectivity index (χ1v) is 19.9. The molecule has 15 heteroatoms. The molecule has 0 radical (unpaired) electrons. The summed E-state index contributed by atoms with van der Waals surface area (Å²) in [7, 11) is 6.32. The minimum Gasteiger partial charge on any atom is -0.493 e. The lowest BCUT2D eigenvalue weighted by Gasteiger charge is -2.46. The van der Waals surface area contributed by atoms with E-state index in [1.165, 1.54) is 32.5 Å². The summed E-state index contributed by atoms with van der Waals surface area (Å²) < 4.78 is 35.1. The first kappa shape index (κ1) is 44.8. The molecule has 57 heavy (non-hydrogen) atoms. The number of nitrogens with zero attached hydrogens (tertiary/aromatic N) is 3. The molecule has 1 N–H and O–H groups in total. The molecule has 3 aliphatic rings. The maximum absolute atomic E-state index is 14.2. The molecule has 0 saturated carbocycles. The number of carbonyl (C=O) groups excluding carboxylic acids is 2. The largest absolute Gasteiger partial charge is 0.493 e. The summed E-state index contributed by atoms with van der Waals surface area (Å²) >= 11 is 13.0. The molecule has 1 spiro atoms. The maximum Gasteiger partial charge on any atom is 0.254 e. The van der Waals surface area contributed by atoms with Crippen molar-refractivity contribution in [1.82, 2.24) is 14.7 Å². The number of aliphatic hydroxyl groups excluding tert-OH is 1. The lowest BCUT2D eigenvalue weighted by atomic mass is 9.72. The number of morpholine rings is 1. The molecule has 2 heterocycles. The van der Waals surface area contributed by atoms with Gasteiger partial charge in [0.2, 0.25) is 11.7 Å². The van der Waals surface area contributed by atoms with E-state index in [9.17, 15) is 9.59 Å². The fourth-order valence-corrected chi connectivity index (χ4v) is 8.74. The van der Waals surface area contributed by atoms with Crippen LogP contribution in [0.4, 0.5) is 0 Å². The summed E-state index contributed by atoms with van der Waals surface area (Å²) in [6.45, 7) is 4.40. The molecule has 0 bridgehead atoms. The van der Waals surface area contributed by atoms with Crippen LogP contribution in [0.1, 0.15) is 46.3 Å². The molecule has 12 nitrogen and oxygen atoms in total. The number of amides is 2. The third-order valence-electron chi connectivity index (χ3n) is 11.6. The molecule has 6 rings (SSSR count). The number of halogens is 3. The van der Waals surface area contributed by atoms with E-state index >= 15 is 0 Å². The van der Waals surface area contributed by atoms with Crippen molar-refractivity contribution in [2.45, 2.75) is 42.8 Å². The molecular weight excluding hydrogens is 797 g/mol. The average molecular weight is 851 g/mol. The summed E-state index contributed by atoms with van der Waals surface area (Å²) in [5, 5.41) is 9.83. The second kappa shape index (κ2) is 20.1. The Morgan fingerprint density at radius 1 is 0.947 bits per heavy atom. The van der Waals surface area contributed by atoms with E-state index in [2.05, 4.69) is 29.2 Å². The van der Waals surface area contributed by atoms with Crippen LogP contribution in [0.25, 0.3) is 0 Å². The van der Waals surface area contributed by atoms with Crippen LogP contribution < -0.4 is 14.2 Å². The molecule has 312 valence electrons. The summed E-state index contributed by atoms with van der Waals surface area (Å²) in [5.74, 6) is 0.943. The van der Waals surface area contributed by atoms with E-state index < -0.39 is 5.60 Å². The highest BCUT2D eigenvalue weighted by molar-refractivity contribution is 6.42. The van der Waals surface area contributed by atoms with Crippen LogP contribution in [0.15, 0.2) is 54.6 Å². The molecule has 3 aromatic carbocycles. The van der Waals surface area contributed by atoms with Crippen molar-refractivity contribution >= 4 is 47.4 Å². The summed E-state index contributed by atoms with van der Waals surface area (Å²) in [5.41, 5.74) is 2.80. The van der Waals surface area contributed by atoms with Crippen molar-refractivity contribution in [1.29, 1.82) is 0 Å². The average Bonchev–Trinajstić information content (AvgIpc) is 3.53. The van der Waals surface area contributed by atoms with E-state index in [4.69, 9.17) is 56.7 Å². The fraction of sp³-hybridized carbons (Fsp3) is 0.524. The predicted molar refractivity (Wildman–Crippen MR) is 221 cm³/mol. The van der Waals surface area contributed by atoms with Gasteiger partial charge in [-0.15, -0.1) is 12.4 Å². The number of benzene rings is 3. The molecular formula is C42H54Cl3N3O9. The second-order valence-electron chi connectivity index (χ2n) is 14.7. The van der Waals surface area contributed by atoms with E-state index in [1.807, 2.05) is 17.0 Å². The molecule has 2 atom stereocenters. The summed E-state index contributed by atoms with van der Waals surface area (Å²) in [4.78, 5) is 33.1. The second-order valence-corrected chi connectivity index (χ2v) is 15.5. The monoisotopic (exact) mass is 849 g/mol. The lowest BCUT2D eigenvalue weighted by Crippen LogP contribution is -2.54. The van der Waals surface area contributed by atoms with Crippen molar-refractivity contribution < 1.29 is 43.1 Å². The number of piperidine rings is 1. The highest BCUT2D eigenvalue weighted by atomic mass is 35.5. The van der Waals surface area contributed by atoms with Gasteiger partial charge in [0.1, 0.15) is 12.2 Å². The Morgan fingerprint density at radius 2 is 1.67 bits per heavy atom. The standard InChI is InChI=1S/C42H53Cl2N3O9.ClH/c1-45(17-20-54-22-19-48)38(49)27-55-37-25-29-7-5-6-8-32(29)41(37)11-14-46(15-12-41)16-13-42(31-9-10-33(43)34(44)26-31)28-47(18-21-56-42)40(50)30-23-35(51-2)39(53-4)36(24-30)52-3;/h5-10,23-24,26,37,48H,11-22,25,27-28H2,1-4H3;1H/t37-,42+;/m0./s1. The van der Waals surface area contributed by atoms with Crippen LogP contribution in [-0.4, -0.2) is 138 Å². The maximum atomic E-state index is 14.2. The zero-order valence-corrected chi connectivity index (χ0v) is 35.4.